The van der Waals surface area contributed by atoms with Crippen LogP contribution < -0.4 is 10.1 Å². The Morgan fingerprint density at radius 2 is 1.96 bits per heavy atom. The molecule has 0 radical (unpaired) electrons. The fourth-order valence-electron chi connectivity index (χ4n) is 2.53. The van der Waals surface area contributed by atoms with Gasteiger partial charge in [0, 0.05) is 11.6 Å². The van der Waals surface area contributed by atoms with Gasteiger partial charge in [-0.2, -0.15) is 0 Å². The van der Waals surface area contributed by atoms with Crippen LogP contribution in [0, 0.1) is 0 Å². The predicted octanol–water partition coefficient (Wildman–Crippen LogP) is 4.55. The minimum Gasteiger partial charge on any atom is -0.497 e. The van der Waals surface area contributed by atoms with Crippen molar-refractivity contribution in [2.45, 2.75) is 32.2 Å². The van der Waals surface area contributed by atoms with E-state index in [0.717, 1.165) is 29.7 Å². The maximum atomic E-state index is 12.6. The number of hydrogen-bond donors (Lipinski definition) is 1. The van der Waals surface area contributed by atoms with Gasteiger partial charge in [0.05, 0.1) is 13.0 Å². The number of hydrogen-bond acceptors (Lipinski definition) is 2. The van der Waals surface area contributed by atoms with Crippen molar-refractivity contribution in [3.63, 3.8) is 0 Å². The first kappa shape index (κ1) is 17.4. The summed E-state index contributed by atoms with van der Waals surface area (Å²) in [4.78, 5) is 12.6. The summed E-state index contributed by atoms with van der Waals surface area (Å²) in [5, 5.41) is 3.70. The fraction of sp³-hybridized carbons (Fsp3) is 0.316. The molecule has 0 aliphatic rings. The standard InChI is InChI=1S/C19H22ClNO2/c1-3-5-18(15-8-10-16(20)11-9-15)19(22)21-13-14-6-4-7-17(12-14)23-2/h4,6-12,18H,3,5,13H2,1-2H3,(H,21,22). The summed E-state index contributed by atoms with van der Waals surface area (Å²) >= 11 is 5.93. The van der Waals surface area contributed by atoms with E-state index in [2.05, 4.69) is 12.2 Å². The van der Waals surface area contributed by atoms with Crippen molar-refractivity contribution in [3.05, 3.63) is 64.7 Å². The highest BCUT2D eigenvalue weighted by atomic mass is 35.5. The molecule has 4 heteroatoms. The second-order valence-electron chi connectivity index (χ2n) is 5.46. The minimum absolute atomic E-state index is 0.0389. The van der Waals surface area contributed by atoms with E-state index >= 15 is 0 Å². The van der Waals surface area contributed by atoms with Crippen molar-refractivity contribution in [2.75, 3.05) is 7.11 Å². The number of nitrogens with one attached hydrogen (secondary N) is 1. The molecule has 1 unspecified atom stereocenters. The van der Waals surface area contributed by atoms with Gasteiger partial charge in [-0.1, -0.05) is 49.2 Å². The van der Waals surface area contributed by atoms with Crippen LogP contribution in [0.3, 0.4) is 0 Å². The Kier molecular flexibility index (Phi) is 6.48. The first-order valence-corrected chi connectivity index (χ1v) is 8.18. The molecule has 0 heterocycles. The van der Waals surface area contributed by atoms with E-state index in [1.54, 1.807) is 7.11 Å². The number of methoxy groups -OCH3 is 1. The fourth-order valence-corrected chi connectivity index (χ4v) is 2.65. The zero-order chi connectivity index (χ0) is 16.7. The molecule has 1 N–H and O–H groups in total. The van der Waals surface area contributed by atoms with Gasteiger partial charge < -0.3 is 10.1 Å². The first-order valence-electron chi connectivity index (χ1n) is 7.80. The van der Waals surface area contributed by atoms with Crippen LogP contribution in [0.2, 0.25) is 5.02 Å². The van der Waals surface area contributed by atoms with Crippen molar-refractivity contribution in [1.29, 1.82) is 0 Å². The van der Waals surface area contributed by atoms with Gasteiger partial charge in [0.15, 0.2) is 0 Å². The summed E-state index contributed by atoms with van der Waals surface area (Å²) in [6, 6.07) is 15.2. The summed E-state index contributed by atoms with van der Waals surface area (Å²) in [5.41, 5.74) is 2.02. The maximum absolute atomic E-state index is 12.6. The lowest BCUT2D eigenvalue weighted by molar-refractivity contribution is -0.122. The second kappa shape index (κ2) is 8.59. The highest BCUT2D eigenvalue weighted by Crippen LogP contribution is 2.23. The SMILES string of the molecule is CCCC(C(=O)NCc1cccc(OC)c1)c1ccc(Cl)cc1. The molecule has 2 aromatic rings. The van der Waals surface area contributed by atoms with E-state index in [-0.39, 0.29) is 11.8 Å². The normalized spacial score (nSPS) is 11.8. The number of ether oxygens (including phenoxy) is 1. The quantitative estimate of drug-likeness (QED) is 0.808. The summed E-state index contributed by atoms with van der Waals surface area (Å²) < 4.78 is 5.20. The molecule has 3 nitrogen and oxygen atoms in total. The van der Waals surface area contributed by atoms with Crippen molar-refractivity contribution in [1.82, 2.24) is 5.32 Å². The van der Waals surface area contributed by atoms with Gasteiger partial charge in [0.25, 0.3) is 0 Å². The Morgan fingerprint density at radius 3 is 2.61 bits per heavy atom. The van der Waals surface area contributed by atoms with Crippen molar-refractivity contribution < 1.29 is 9.53 Å². The number of halogens is 1. The summed E-state index contributed by atoms with van der Waals surface area (Å²) in [6.07, 6.45) is 1.76. The van der Waals surface area contributed by atoms with E-state index < -0.39 is 0 Å². The highest BCUT2D eigenvalue weighted by Gasteiger charge is 2.19. The molecule has 0 fully saturated rings. The molecular weight excluding hydrogens is 310 g/mol. The lowest BCUT2D eigenvalue weighted by atomic mass is 9.93. The molecule has 122 valence electrons. The Labute approximate surface area is 142 Å². The Morgan fingerprint density at radius 1 is 1.22 bits per heavy atom. The van der Waals surface area contributed by atoms with Crippen LogP contribution >= 0.6 is 11.6 Å². The third kappa shape index (κ3) is 5.00. The Balaban J connectivity index is 2.04. The third-order valence-corrected chi connectivity index (χ3v) is 4.02. The molecule has 1 atom stereocenters. The molecule has 0 spiro atoms. The molecule has 0 aliphatic heterocycles. The molecule has 0 bridgehead atoms. The summed E-state index contributed by atoms with van der Waals surface area (Å²) in [5.74, 6) is 0.680. The van der Waals surface area contributed by atoms with Crippen molar-refractivity contribution >= 4 is 17.5 Å². The van der Waals surface area contributed by atoms with Crippen LogP contribution in [0.25, 0.3) is 0 Å². The number of rotatable bonds is 7. The lowest BCUT2D eigenvalue weighted by Crippen LogP contribution is -2.29. The van der Waals surface area contributed by atoms with E-state index in [9.17, 15) is 4.79 Å². The van der Waals surface area contributed by atoms with Gasteiger partial charge >= 0.3 is 0 Å². The van der Waals surface area contributed by atoms with Crippen LogP contribution in [-0.2, 0) is 11.3 Å². The monoisotopic (exact) mass is 331 g/mol. The number of benzene rings is 2. The minimum atomic E-state index is -0.150. The molecule has 2 aromatic carbocycles. The van der Waals surface area contributed by atoms with Crippen molar-refractivity contribution in [3.8, 4) is 5.75 Å². The van der Waals surface area contributed by atoms with Crippen LogP contribution in [-0.4, -0.2) is 13.0 Å². The third-order valence-electron chi connectivity index (χ3n) is 3.77. The second-order valence-corrected chi connectivity index (χ2v) is 5.90. The van der Waals surface area contributed by atoms with Gasteiger partial charge in [0.2, 0.25) is 5.91 Å². The van der Waals surface area contributed by atoms with Gasteiger partial charge in [-0.05, 0) is 41.8 Å². The molecule has 2 rings (SSSR count). The van der Waals surface area contributed by atoms with Gasteiger partial charge in [-0.25, -0.2) is 0 Å². The van der Waals surface area contributed by atoms with E-state index in [1.807, 2.05) is 48.5 Å². The summed E-state index contributed by atoms with van der Waals surface area (Å²) in [7, 11) is 1.63. The van der Waals surface area contributed by atoms with Crippen LogP contribution in [0.5, 0.6) is 5.75 Å². The smallest absolute Gasteiger partial charge is 0.227 e. The van der Waals surface area contributed by atoms with E-state index in [1.165, 1.54) is 0 Å². The zero-order valence-electron chi connectivity index (χ0n) is 13.5. The first-order chi connectivity index (χ1) is 11.1. The molecule has 1 amide bonds. The van der Waals surface area contributed by atoms with Gasteiger partial charge in [-0.15, -0.1) is 0 Å². The molecule has 0 saturated carbocycles. The maximum Gasteiger partial charge on any atom is 0.227 e. The highest BCUT2D eigenvalue weighted by molar-refractivity contribution is 6.30. The Bertz CT molecular complexity index is 640. The van der Waals surface area contributed by atoms with Crippen LogP contribution in [0.15, 0.2) is 48.5 Å². The van der Waals surface area contributed by atoms with Gasteiger partial charge in [-0.3, -0.25) is 4.79 Å². The largest absolute Gasteiger partial charge is 0.497 e. The molecule has 23 heavy (non-hydrogen) atoms. The lowest BCUT2D eigenvalue weighted by Gasteiger charge is -2.17. The van der Waals surface area contributed by atoms with E-state index in [4.69, 9.17) is 16.3 Å². The number of amides is 1. The average Bonchev–Trinajstić information content (AvgIpc) is 2.58. The molecular formula is C19H22ClNO2. The zero-order valence-corrected chi connectivity index (χ0v) is 14.3. The van der Waals surface area contributed by atoms with Gasteiger partial charge in [0.1, 0.15) is 5.75 Å². The van der Waals surface area contributed by atoms with Crippen LogP contribution in [0.4, 0.5) is 0 Å². The predicted molar refractivity (Wildman–Crippen MR) is 93.9 cm³/mol. The van der Waals surface area contributed by atoms with E-state index in [0.29, 0.717) is 11.6 Å². The molecule has 0 aromatic heterocycles. The average molecular weight is 332 g/mol. The summed E-state index contributed by atoms with van der Waals surface area (Å²) in [6.45, 7) is 2.57. The Hall–Kier alpha value is -2.00. The number of carbonyl (C=O) groups is 1. The molecule has 0 saturated heterocycles. The van der Waals surface area contributed by atoms with Crippen LogP contribution in [0.1, 0.15) is 36.8 Å². The molecule has 0 aliphatic carbocycles. The topological polar surface area (TPSA) is 38.3 Å². The van der Waals surface area contributed by atoms with Crippen molar-refractivity contribution in [2.24, 2.45) is 0 Å². The number of carbonyl (C=O) groups excluding carboxylic acids is 1.